The first-order chi connectivity index (χ1) is 6.63. The highest BCUT2D eigenvalue weighted by atomic mass is 19.1. The number of primary amides is 1. The largest absolute Gasteiger partial charge is 0.369 e. The minimum absolute atomic E-state index is 0.152. The number of benzene rings is 1. The van der Waals surface area contributed by atoms with E-state index >= 15 is 0 Å². The van der Waals surface area contributed by atoms with Crippen molar-refractivity contribution in [1.82, 2.24) is 0 Å². The van der Waals surface area contributed by atoms with E-state index in [0.717, 1.165) is 5.56 Å². The lowest BCUT2D eigenvalue weighted by Gasteiger charge is -2.10. The molecule has 0 radical (unpaired) electrons. The van der Waals surface area contributed by atoms with Crippen LogP contribution in [0.25, 0.3) is 0 Å². The predicted molar refractivity (Wildman–Crippen MR) is 53.1 cm³/mol. The van der Waals surface area contributed by atoms with E-state index in [-0.39, 0.29) is 17.6 Å². The molecule has 0 aromatic heterocycles. The lowest BCUT2D eigenvalue weighted by atomic mass is 9.96. The minimum atomic E-state index is -0.295. The summed E-state index contributed by atoms with van der Waals surface area (Å²) in [6.07, 6.45) is 1.30. The van der Waals surface area contributed by atoms with E-state index in [2.05, 4.69) is 0 Å². The molecule has 76 valence electrons. The first-order valence-electron chi connectivity index (χ1n) is 4.67. The molecular formula is C11H14FNO. The Bertz CT molecular complexity index is 308. The Morgan fingerprint density at radius 2 is 2.00 bits per heavy atom. The van der Waals surface area contributed by atoms with Crippen molar-refractivity contribution < 1.29 is 9.18 Å². The zero-order valence-electron chi connectivity index (χ0n) is 8.16. The van der Waals surface area contributed by atoms with Gasteiger partial charge in [0.1, 0.15) is 5.82 Å². The fraction of sp³-hybridized carbons (Fsp3) is 0.364. The van der Waals surface area contributed by atoms with Crippen molar-refractivity contribution in [2.75, 3.05) is 0 Å². The summed E-state index contributed by atoms with van der Waals surface area (Å²) < 4.78 is 12.6. The molecule has 0 saturated carbocycles. The van der Waals surface area contributed by atoms with Crippen molar-refractivity contribution in [2.24, 2.45) is 11.7 Å². The molecule has 1 aromatic rings. The summed E-state index contributed by atoms with van der Waals surface area (Å²) in [7, 11) is 0. The molecule has 0 fully saturated rings. The normalized spacial score (nSPS) is 12.4. The summed E-state index contributed by atoms with van der Waals surface area (Å²) in [6.45, 7) is 1.92. The molecule has 1 rings (SSSR count). The van der Waals surface area contributed by atoms with Gasteiger partial charge in [0, 0.05) is 5.92 Å². The van der Waals surface area contributed by atoms with Gasteiger partial charge in [0.25, 0.3) is 0 Å². The molecule has 0 aliphatic heterocycles. The molecule has 1 amide bonds. The van der Waals surface area contributed by atoms with Crippen molar-refractivity contribution in [3.05, 3.63) is 35.6 Å². The molecule has 0 aliphatic rings. The first-order valence-corrected chi connectivity index (χ1v) is 4.67. The molecule has 0 aliphatic carbocycles. The molecule has 0 heterocycles. The number of hydrogen-bond donors (Lipinski definition) is 1. The van der Waals surface area contributed by atoms with E-state index in [0.29, 0.717) is 12.8 Å². The third-order valence-corrected chi connectivity index (χ3v) is 2.29. The highest BCUT2D eigenvalue weighted by molar-refractivity contribution is 5.76. The van der Waals surface area contributed by atoms with Crippen LogP contribution in [-0.4, -0.2) is 5.91 Å². The Kier molecular flexibility index (Phi) is 3.63. The molecule has 1 unspecified atom stereocenters. The van der Waals surface area contributed by atoms with Crippen LogP contribution in [0.1, 0.15) is 18.9 Å². The maximum Gasteiger partial charge on any atom is 0.220 e. The number of nitrogens with two attached hydrogens (primary N) is 1. The zero-order valence-corrected chi connectivity index (χ0v) is 8.16. The molecule has 1 atom stereocenters. The standard InChI is InChI=1S/C11H14FNO/c1-2-9(11(13)14)7-8-3-5-10(12)6-4-8/h3-6,9H,2,7H2,1H3,(H2,13,14). The smallest absolute Gasteiger partial charge is 0.220 e. The van der Waals surface area contributed by atoms with Gasteiger partial charge in [-0.25, -0.2) is 4.39 Å². The van der Waals surface area contributed by atoms with Crippen LogP contribution in [0.5, 0.6) is 0 Å². The average Bonchev–Trinajstić information content (AvgIpc) is 2.16. The maximum atomic E-state index is 12.6. The van der Waals surface area contributed by atoms with Gasteiger partial charge < -0.3 is 5.73 Å². The van der Waals surface area contributed by atoms with Gasteiger partial charge in [-0.05, 0) is 30.5 Å². The summed E-state index contributed by atoms with van der Waals surface area (Å²) in [4.78, 5) is 10.9. The van der Waals surface area contributed by atoms with Crippen molar-refractivity contribution in [2.45, 2.75) is 19.8 Å². The fourth-order valence-corrected chi connectivity index (χ4v) is 1.35. The van der Waals surface area contributed by atoms with Gasteiger partial charge in [-0.15, -0.1) is 0 Å². The topological polar surface area (TPSA) is 43.1 Å². The van der Waals surface area contributed by atoms with Gasteiger partial charge in [-0.3, -0.25) is 4.79 Å². The Morgan fingerprint density at radius 3 is 2.43 bits per heavy atom. The molecule has 0 spiro atoms. The van der Waals surface area contributed by atoms with Crippen LogP contribution in [0.15, 0.2) is 24.3 Å². The van der Waals surface area contributed by atoms with Crippen molar-refractivity contribution in [3.63, 3.8) is 0 Å². The SMILES string of the molecule is CCC(Cc1ccc(F)cc1)C(N)=O. The van der Waals surface area contributed by atoms with Crippen LogP contribution >= 0.6 is 0 Å². The number of amides is 1. The van der Waals surface area contributed by atoms with Gasteiger partial charge in [-0.2, -0.15) is 0 Å². The first kappa shape index (κ1) is 10.7. The molecule has 2 nitrogen and oxygen atoms in total. The monoisotopic (exact) mass is 195 g/mol. The molecule has 1 aromatic carbocycles. The second kappa shape index (κ2) is 4.74. The second-order valence-electron chi connectivity index (χ2n) is 3.34. The van der Waals surface area contributed by atoms with E-state index in [1.165, 1.54) is 12.1 Å². The number of hydrogen-bond acceptors (Lipinski definition) is 1. The van der Waals surface area contributed by atoms with Gasteiger partial charge in [0.2, 0.25) is 5.91 Å². The van der Waals surface area contributed by atoms with Crippen molar-refractivity contribution >= 4 is 5.91 Å². The zero-order chi connectivity index (χ0) is 10.6. The van der Waals surface area contributed by atoms with Gasteiger partial charge >= 0.3 is 0 Å². The van der Waals surface area contributed by atoms with Crippen molar-refractivity contribution in [3.8, 4) is 0 Å². The van der Waals surface area contributed by atoms with Crippen LogP contribution in [0.3, 0.4) is 0 Å². The number of halogens is 1. The summed E-state index contributed by atoms with van der Waals surface area (Å²) in [5, 5.41) is 0. The van der Waals surface area contributed by atoms with Gasteiger partial charge in [0.15, 0.2) is 0 Å². The lowest BCUT2D eigenvalue weighted by molar-refractivity contribution is -0.121. The Hall–Kier alpha value is -1.38. The van der Waals surface area contributed by atoms with E-state index in [4.69, 9.17) is 5.73 Å². The van der Waals surface area contributed by atoms with Crippen LogP contribution in [0.4, 0.5) is 4.39 Å². The van der Waals surface area contributed by atoms with Crippen molar-refractivity contribution in [1.29, 1.82) is 0 Å². The van der Waals surface area contributed by atoms with E-state index in [9.17, 15) is 9.18 Å². The molecule has 0 saturated heterocycles. The van der Waals surface area contributed by atoms with Gasteiger partial charge in [0.05, 0.1) is 0 Å². The highest BCUT2D eigenvalue weighted by Gasteiger charge is 2.13. The quantitative estimate of drug-likeness (QED) is 0.783. The highest BCUT2D eigenvalue weighted by Crippen LogP contribution is 2.12. The number of carbonyl (C=O) groups excluding carboxylic acids is 1. The Balaban J connectivity index is 2.67. The van der Waals surface area contributed by atoms with Crippen LogP contribution in [0.2, 0.25) is 0 Å². The molecule has 14 heavy (non-hydrogen) atoms. The molecule has 2 N–H and O–H groups in total. The van der Waals surface area contributed by atoms with E-state index < -0.39 is 0 Å². The predicted octanol–water partition coefficient (Wildman–Crippen LogP) is 1.88. The molecule has 0 bridgehead atoms. The van der Waals surface area contributed by atoms with Crippen LogP contribution in [-0.2, 0) is 11.2 Å². The molecule has 3 heteroatoms. The summed E-state index contributed by atoms with van der Waals surface area (Å²) in [5.74, 6) is -0.710. The Labute approximate surface area is 82.9 Å². The van der Waals surface area contributed by atoms with Crippen LogP contribution < -0.4 is 5.73 Å². The lowest BCUT2D eigenvalue weighted by Crippen LogP contribution is -2.24. The third-order valence-electron chi connectivity index (χ3n) is 2.29. The summed E-state index contributed by atoms with van der Waals surface area (Å²) in [5.41, 5.74) is 6.15. The fourth-order valence-electron chi connectivity index (χ4n) is 1.35. The second-order valence-corrected chi connectivity index (χ2v) is 3.34. The van der Waals surface area contributed by atoms with E-state index in [1.807, 2.05) is 6.92 Å². The van der Waals surface area contributed by atoms with Gasteiger partial charge in [-0.1, -0.05) is 19.1 Å². The minimum Gasteiger partial charge on any atom is -0.369 e. The average molecular weight is 195 g/mol. The maximum absolute atomic E-state index is 12.6. The number of rotatable bonds is 4. The molecular weight excluding hydrogens is 181 g/mol. The summed E-state index contributed by atoms with van der Waals surface area (Å²) >= 11 is 0. The van der Waals surface area contributed by atoms with Crippen LogP contribution in [0, 0.1) is 11.7 Å². The third kappa shape index (κ3) is 2.83. The summed E-state index contributed by atoms with van der Waals surface area (Å²) in [6, 6.07) is 6.15. The number of carbonyl (C=O) groups is 1. The van der Waals surface area contributed by atoms with E-state index in [1.54, 1.807) is 12.1 Å². The Morgan fingerprint density at radius 1 is 1.43 bits per heavy atom.